The number of benzene rings is 1. The summed E-state index contributed by atoms with van der Waals surface area (Å²) in [6.07, 6.45) is 3.30. The van der Waals surface area contributed by atoms with Gasteiger partial charge in [0, 0.05) is 6.20 Å². The molecule has 2 aromatic rings. The van der Waals surface area contributed by atoms with Crippen LogP contribution in [0.25, 0.3) is 0 Å². The third-order valence-electron chi connectivity index (χ3n) is 3.36. The van der Waals surface area contributed by atoms with Crippen LogP contribution in [0.3, 0.4) is 0 Å². The lowest BCUT2D eigenvalue weighted by Crippen LogP contribution is -2.17. The summed E-state index contributed by atoms with van der Waals surface area (Å²) in [7, 11) is -4.23. The van der Waals surface area contributed by atoms with E-state index >= 15 is 0 Å². The van der Waals surface area contributed by atoms with Gasteiger partial charge in [0.2, 0.25) is 0 Å². The molecule has 23 heavy (non-hydrogen) atoms. The van der Waals surface area contributed by atoms with Crippen LogP contribution in [0, 0.1) is 17.6 Å². The molecule has 1 aromatic carbocycles. The van der Waals surface area contributed by atoms with E-state index in [1.165, 1.54) is 18.3 Å². The molecular formula is C15H14F2N2O3S. The van der Waals surface area contributed by atoms with Gasteiger partial charge in [-0.15, -0.1) is 0 Å². The summed E-state index contributed by atoms with van der Waals surface area (Å²) >= 11 is 0. The normalized spacial score (nSPS) is 14.5. The van der Waals surface area contributed by atoms with Crippen molar-refractivity contribution in [3.8, 4) is 5.75 Å². The maximum atomic E-state index is 13.6. The van der Waals surface area contributed by atoms with Crippen molar-refractivity contribution in [3.63, 3.8) is 0 Å². The highest BCUT2D eigenvalue weighted by molar-refractivity contribution is 7.92. The van der Waals surface area contributed by atoms with E-state index in [4.69, 9.17) is 4.74 Å². The molecule has 0 bridgehead atoms. The average molecular weight is 340 g/mol. The Morgan fingerprint density at radius 3 is 2.74 bits per heavy atom. The van der Waals surface area contributed by atoms with Crippen LogP contribution >= 0.6 is 0 Å². The highest BCUT2D eigenvalue weighted by Gasteiger charge is 2.26. The number of ether oxygens (including phenoxy) is 1. The van der Waals surface area contributed by atoms with Crippen LogP contribution in [0.4, 0.5) is 14.6 Å². The van der Waals surface area contributed by atoms with Crippen LogP contribution in [0.5, 0.6) is 5.75 Å². The van der Waals surface area contributed by atoms with Crippen molar-refractivity contribution in [2.75, 3.05) is 11.3 Å². The zero-order valence-corrected chi connectivity index (χ0v) is 12.8. The molecule has 1 aliphatic rings. The molecule has 1 saturated carbocycles. The van der Waals surface area contributed by atoms with E-state index in [9.17, 15) is 17.2 Å². The third kappa shape index (κ3) is 3.76. The number of anilines is 1. The van der Waals surface area contributed by atoms with Gasteiger partial charge < -0.3 is 4.74 Å². The summed E-state index contributed by atoms with van der Waals surface area (Å²) in [5.74, 6) is -1.58. The number of pyridine rings is 1. The van der Waals surface area contributed by atoms with Gasteiger partial charge in [-0.2, -0.15) is 0 Å². The Hall–Kier alpha value is -2.22. The number of hydrogen-bond acceptors (Lipinski definition) is 4. The van der Waals surface area contributed by atoms with E-state index in [1.807, 2.05) is 4.72 Å². The van der Waals surface area contributed by atoms with Crippen LogP contribution in [0.1, 0.15) is 12.8 Å². The number of hydrogen-bond donors (Lipinski definition) is 1. The summed E-state index contributed by atoms with van der Waals surface area (Å²) < 4.78 is 59.4. The predicted octanol–water partition coefficient (Wildman–Crippen LogP) is 2.95. The minimum absolute atomic E-state index is 0.0298. The number of sulfonamides is 1. The quantitative estimate of drug-likeness (QED) is 0.878. The average Bonchev–Trinajstić information content (AvgIpc) is 3.32. The first kappa shape index (κ1) is 15.7. The Bertz CT molecular complexity index is 823. The molecular weight excluding hydrogens is 326 g/mol. The molecule has 8 heteroatoms. The Morgan fingerprint density at radius 2 is 2.04 bits per heavy atom. The van der Waals surface area contributed by atoms with Crippen molar-refractivity contribution >= 4 is 15.8 Å². The van der Waals surface area contributed by atoms with E-state index < -0.39 is 27.5 Å². The van der Waals surface area contributed by atoms with Gasteiger partial charge in [-0.3, -0.25) is 4.72 Å². The fourth-order valence-electron chi connectivity index (χ4n) is 1.95. The smallest absolute Gasteiger partial charge is 0.266 e. The summed E-state index contributed by atoms with van der Waals surface area (Å²) in [4.78, 5) is 3.24. The molecule has 1 heterocycles. The second-order valence-electron chi connectivity index (χ2n) is 5.28. The maximum absolute atomic E-state index is 13.6. The monoisotopic (exact) mass is 340 g/mol. The van der Waals surface area contributed by atoms with Gasteiger partial charge in [0.15, 0.2) is 11.6 Å². The molecule has 0 aliphatic heterocycles. The Morgan fingerprint density at radius 1 is 1.26 bits per heavy atom. The number of nitrogens with one attached hydrogen (secondary N) is 1. The van der Waals surface area contributed by atoms with Crippen molar-refractivity contribution in [2.24, 2.45) is 5.92 Å². The van der Waals surface area contributed by atoms with Crippen LogP contribution in [0.15, 0.2) is 41.4 Å². The zero-order valence-electron chi connectivity index (χ0n) is 12.0. The molecule has 3 rings (SSSR count). The van der Waals surface area contributed by atoms with Gasteiger partial charge in [-0.05, 0) is 49.1 Å². The highest BCUT2D eigenvalue weighted by Crippen LogP contribution is 2.32. The van der Waals surface area contributed by atoms with Crippen molar-refractivity contribution in [3.05, 3.63) is 48.2 Å². The molecule has 1 N–H and O–H groups in total. The molecule has 0 atom stereocenters. The van der Waals surface area contributed by atoms with E-state index in [0.717, 1.165) is 31.0 Å². The first-order valence-corrected chi connectivity index (χ1v) is 8.50. The number of halogens is 2. The van der Waals surface area contributed by atoms with Crippen molar-refractivity contribution in [1.82, 2.24) is 4.98 Å². The number of nitrogens with zero attached hydrogens (tertiary/aromatic N) is 1. The minimum Gasteiger partial charge on any atom is -0.492 e. The molecule has 1 aromatic heterocycles. The maximum Gasteiger partial charge on any atom is 0.266 e. The molecule has 5 nitrogen and oxygen atoms in total. The van der Waals surface area contributed by atoms with E-state index in [-0.39, 0.29) is 10.6 Å². The van der Waals surface area contributed by atoms with E-state index in [2.05, 4.69) is 4.98 Å². The second kappa shape index (κ2) is 6.11. The van der Waals surface area contributed by atoms with Crippen LogP contribution in [-0.2, 0) is 10.0 Å². The molecule has 0 unspecified atom stereocenters. The van der Waals surface area contributed by atoms with Gasteiger partial charge >= 0.3 is 0 Å². The van der Waals surface area contributed by atoms with E-state index in [0.29, 0.717) is 12.5 Å². The topological polar surface area (TPSA) is 68.3 Å². The van der Waals surface area contributed by atoms with Gasteiger partial charge in [0.05, 0.1) is 6.61 Å². The number of rotatable bonds is 6. The summed E-state index contributed by atoms with van der Waals surface area (Å²) in [5, 5.41) is 0. The summed E-state index contributed by atoms with van der Waals surface area (Å²) in [6, 6.07) is 5.61. The molecule has 0 radical (unpaired) electrons. The molecule has 122 valence electrons. The third-order valence-corrected chi connectivity index (χ3v) is 4.72. The molecule has 1 aliphatic carbocycles. The first-order chi connectivity index (χ1) is 11.0. The van der Waals surface area contributed by atoms with Gasteiger partial charge in [0.25, 0.3) is 10.0 Å². The van der Waals surface area contributed by atoms with Crippen molar-refractivity contribution in [2.45, 2.75) is 17.7 Å². The lowest BCUT2D eigenvalue weighted by Gasteiger charge is -2.13. The highest BCUT2D eigenvalue weighted by atomic mass is 32.2. The van der Waals surface area contributed by atoms with Gasteiger partial charge in [-0.25, -0.2) is 22.2 Å². The van der Waals surface area contributed by atoms with Crippen molar-refractivity contribution < 1.29 is 21.9 Å². The molecule has 1 fully saturated rings. The SMILES string of the molecule is O=S(=O)(Nc1ncccc1F)c1cc(F)ccc1OCC1CC1. The fraction of sp³-hybridized carbons (Fsp3) is 0.267. The van der Waals surface area contributed by atoms with E-state index in [1.54, 1.807) is 0 Å². The van der Waals surface area contributed by atoms with Crippen LogP contribution < -0.4 is 9.46 Å². The van der Waals surface area contributed by atoms with Crippen LogP contribution in [0.2, 0.25) is 0 Å². The largest absolute Gasteiger partial charge is 0.492 e. The van der Waals surface area contributed by atoms with Crippen molar-refractivity contribution in [1.29, 1.82) is 0 Å². The van der Waals surface area contributed by atoms with Crippen LogP contribution in [-0.4, -0.2) is 20.0 Å². The second-order valence-corrected chi connectivity index (χ2v) is 6.94. The fourth-order valence-corrected chi connectivity index (χ4v) is 3.12. The summed E-state index contributed by atoms with van der Waals surface area (Å²) in [6.45, 7) is 0.367. The van der Waals surface area contributed by atoms with Gasteiger partial charge in [0.1, 0.15) is 16.5 Å². The Labute approximate surface area is 132 Å². The predicted molar refractivity (Wildman–Crippen MR) is 79.6 cm³/mol. The summed E-state index contributed by atoms with van der Waals surface area (Å²) in [5.41, 5.74) is 0. The lowest BCUT2D eigenvalue weighted by molar-refractivity contribution is 0.291. The zero-order chi connectivity index (χ0) is 16.4. The molecule has 0 amide bonds. The molecule has 0 saturated heterocycles. The standard InChI is InChI=1S/C15H14F2N2O3S/c16-11-5-6-13(22-9-10-3-4-10)14(8-11)23(20,21)19-15-12(17)2-1-7-18-15/h1-2,5-8,10H,3-4,9H2,(H,18,19). The van der Waals surface area contributed by atoms with Gasteiger partial charge in [-0.1, -0.05) is 0 Å². The molecule has 0 spiro atoms. The Balaban J connectivity index is 1.91. The Kier molecular flexibility index (Phi) is 4.16. The minimum atomic E-state index is -4.23. The lowest BCUT2D eigenvalue weighted by atomic mass is 10.3. The first-order valence-electron chi connectivity index (χ1n) is 7.01. The number of aromatic nitrogens is 1.